The Kier molecular flexibility index (Phi) is 3.77. The molecule has 1 aromatic carbocycles. The van der Waals surface area contributed by atoms with E-state index in [0.717, 1.165) is 25.4 Å². The average molecular weight is 284 g/mol. The van der Waals surface area contributed by atoms with Crippen molar-refractivity contribution >= 4 is 0 Å². The summed E-state index contributed by atoms with van der Waals surface area (Å²) in [5.41, 5.74) is 2.80. The zero-order valence-corrected chi connectivity index (χ0v) is 13.1. The van der Waals surface area contributed by atoms with Crippen LogP contribution in [0.4, 0.5) is 0 Å². The van der Waals surface area contributed by atoms with Crippen LogP contribution in [0.3, 0.4) is 0 Å². The molecule has 0 bridgehead atoms. The van der Waals surface area contributed by atoms with E-state index in [2.05, 4.69) is 67.2 Å². The maximum absolute atomic E-state index is 5.78. The minimum atomic E-state index is 0.137. The Balaban J connectivity index is 1.71. The van der Waals surface area contributed by atoms with E-state index in [1.165, 1.54) is 11.3 Å². The van der Waals surface area contributed by atoms with Crippen molar-refractivity contribution < 1.29 is 4.74 Å². The van der Waals surface area contributed by atoms with E-state index in [9.17, 15) is 0 Å². The summed E-state index contributed by atoms with van der Waals surface area (Å²) in [7, 11) is 0. The second kappa shape index (κ2) is 5.57. The molecule has 1 unspecified atom stereocenters. The number of ether oxygens (including phenoxy) is 1. The molecule has 112 valence electrons. The summed E-state index contributed by atoms with van der Waals surface area (Å²) in [6, 6.07) is 12.7. The number of fused-ring (bicyclic) bond motifs is 1. The van der Waals surface area contributed by atoms with E-state index >= 15 is 0 Å². The molecule has 0 amide bonds. The van der Waals surface area contributed by atoms with Crippen LogP contribution < -0.4 is 10.1 Å². The van der Waals surface area contributed by atoms with Crippen LogP contribution in [0.15, 0.2) is 42.6 Å². The molecule has 0 spiro atoms. The number of benzene rings is 1. The fourth-order valence-corrected chi connectivity index (χ4v) is 2.76. The standard InChI is InChI=1S/C18H24N2O/c1-18(2,3)19-11-15-7-6-10-20(15)12-14-13-21-17-9-5-4-8-16(14)17/h4-10,14,19H,11-13H2,1-3H3. The van der Waals surface area contributed by atoms with Crippen LogP contribution in [0.2, 0.25) is 0 Å². The van der Waals surface area contributed by atoms with Gasteiger partial charge in [-0.2, -0.15) is 0 Å². The molecular formula is C18H24N2O. The number of nitrogens with zero attached hydrogens (tertiary/aromatic N) is 1. The Bertz CT molecular complexity index is 610. The fraction of sp³-hybridized carbons (Fsp3) is 0.444. The third-order valence-corrected chi connectivity index (χ3v) is 3.94. The average Bonchev–Trinajstić information content (AvgIpc) is 3.04. The molecule has 0 fully saturated rings. The summed E-state index contributed by atoms with van der Waals surface area (Å²) in [5.74, 6) is 1.49. The first-order valence-electron chi connectivity index (χ1n) is 7.64. The van der Waals surface area contributed by atoms with Crippen LogP contribution in [-0.4, -0.2) is 16.7 Å². The Hall–Kier alpha value is -1.74. The lowest BCUT2D eigenvalue weighted by Gasteiger charge is -2.22. The predicted molar refractivity (Wildman–Crippen MR) is 85.7 cm³/mol. The smallest absolute Gasteiger partial charge is 0.122 e. The third kappa shape index (κ3) is 3.30. The predicted octanol–water partition coefficient (Wildman–Crippen LogP) is 3.55. The second-order valence-corrected chi connectivity index (χ2v) is 6.80. The quantitative estimate of drug-likeness (QED) is 0.929. The van der Waals surface area contributed by atoms with E-state index < -0.39 is 0 Å². The molecule has 0 aliphatic carbocycles. The maximum Gasteiger partial charge on any atom is 0.122 e. The minimum absolute atomic E-state index is 0.137. The lowest BCUT2D eigenvalue weighted by molar-refractivity contribution is 0.317. The van der Waals surface area contributed by atoms with Gasteiger partial charge in [0.2, 0.25) is 0 Å². The van der Waals surface area contributed by atoms with Crippen LogP contribution in [0, 0.1) is 0 Å². The van der Waals surface area contributed by atoms with Crippen LogP contribution in [0.1, 0.15) is 37.9 Å². The normalized spacial score (nSPS) is 17.6. The highest BCUT2D eigenvalue weighted by Crippen LogP contribution is 2.34. The van der Waals surface area contributed by atoms with Gasteiger partial charge >= 0.3 is 0 Å². The van der Waals surface area contributed by atoms with Gasteiger partial charge < -0.3 is 14.6 Å². The lowest BCUT2D eigenvalue weighted by Crippen LogP contribution is -2.35. The molecule has 3 nitrogen and oxygen atoms in total. The Labute approximate surface area is 126 Å². The maximum atomic E-state index is 5.78. The SMILES string of the molecule is CC(C)(C)NCc1cccn1CC1COc2ccccc21. The molecule has 0 saturated carbocycles. The lowest BCUT2D eigenvalue weighted by atomic mass is 10.0. The first-order chi connectivity index (χ1) is 10.0. The summed E-state index contributed by atoms with van der Waals surface area (Å²) >= 11 is 0. The van der Waals surface area contributed by atoms with Crippen molar-refractivity contribution in [2.24, 2.45) is 0 Å². The van der Waals surface area contributed by atoms with Crippen molar-refractivity contribution in [1.29, 1.82) is 0 Å². The number of para-hydroxylation sites is 1. The van der Waals surface area contributed by atoms with Crippen molar-refractivity contribution in [3.05, 3.63) is 53.9 Å². The number of aromatic nitrogens is 1. The third-order valence-electron chi connectivity index (χ3n) is 3.94. The molecule has 21 heavy (non-hydrogen) atoms. The van der Waals surface area contributed by atoms with Gasteiger partial charge in [-0.25, -0.2) is 0 Å². The minimum Gasteiger partial charge on any atom is -0.493 e. The van der Waals surface area contributed by atoms with E-state index in [1.54, 1.807) is 0 Å². The highest BCUT2D eigenvalue weighted by atomic mass is 16.5. The number of nitrogens with one attached hydrogen (secondary N) is 1. The van der Waals surface area contributed by atoms with Gasteiger partial charge in [0.25, 0.3) is 0 Å². The molecular weight excluding hydrogens is 260 g/mol. The fourth-order valence-electron chi connectivity index (χ4n) is 2.76. The van der Waals surface area contributed by atoms with Crippen molar-refractivity contribution in [1.82, 2.24) is 9.88 Å². The molecule has 1 aliphatic heterocycles. The van der Waals surface area contributed by atoms with Crippen LogP contribution in [0.5, 0.6) is 5.75 Å². The molecule has 2 heterocycles. The first kappa shape index (κ1) is 14.2. The summed E-state index contributed by atoms with van der Waals surface area (Å²) < 4.78 is 8.13. The first-order valence-corrected chi connectivity index (χ1v) is 7.64. The zero-order chi connectivity index (χ0) is 14.9. The van der Waals surface area contributed by atoms with Gasteiger partial charge in [-0.05, 0) is 39.0 Å². The molecule has 1 aliphatic rings. The van der Waals surface area contributed by atoms with Gasteiger partial charge in [0, 0.05) is 42.0 Å². The van der Waals surface area contributed by atoms with Gasteiger partial charge in [0.15, 0.2) is 0 Å². The Morgan fingerprint density at radius 3 is 2.81 bits per heavy atom. The van der Waals surface area contributed by atoms with Gasteiger partial charge in [-0.1, -0.05) is 18.2 Å². The number of hydrogen-bond acceptors (Lipinski definition) is 2. The van der Waals surface area contributed by atoms with E-state index in [-0.39, 0.29) is 5.54 Å². The second-order valence-electron chi connectivity index (χ2n) is 6.80. The number of rotatable bonds is 4. The van der Waals surface area contributed by atoms with Crippen LogP contribution in [0.25, 0.3) is 0 Å². The topological polar surface area (TPSA) is 26.2 Å². The summed E-state index contributed by atoms with van der Waals surface area (Å²) in [4.78, 5) is 0. The highest BCUT2D eigenvalue weighted by molar-refractivity contribution is 5.39. The number of hydrogen-bond donors (Lipinski definition) is 1. The zero-order valence-electron chi connectivity index (χ0n) is 13.1. The Morgan fingerprint density at radius 1 is 1.19 bits per heavy atom. The van der Waals surface area contributed by atoms with E-state index in [0.29, 0.717) is 5.92 Å². The molecule has 3 rings (SSSR count). The van der Waals surface area contributed by atoms with Crippen molar-refractivity contribution in [2.45, 2.75) is 45.3 Å². The molecule has 0 radical (unpaired) electrons. The van der Waals surface area contributed by atoms with E-state index in [1.807, 2.05) is 6.07 Å². The highest BCUT2D eigenvalue weighted by Gasteiger charge is 2.24. The largest absolute Gasteiger partial charge is 0.493 e. The van der Waals surface area contributed by atoms with Crippen LogP contribution in [-0.2, 0) is 13.1 Å². The monoisotopic (exact) mass is 284 g/mol. The van der Waals surface area contributed by atoms with Gasteiger partial charge in [0.1, 0.15) is 5.75 Å². The van der Waals surface area contributed by atoms with Crippen molar-refractivity contribution in [3.8, 4) is 5.75 Å². The van der Waals surface area contributed by atoms with Crippen molar-refractivity contribution in [2.75, 3.05) is 6.61 Å². The van der Waals surface area contributed by atoms with Crippen molar-refractivity contribution in [3.63, 3.8) is 0 Å². The Morgan fingerprint density at radius 2 is 2.00 bits per heavy atom. The summed E-state index contributed by atoms with van der Waals surface area (Å²) in [6.45, 7) is 9.24. The molecule has 2 aromatic rings. The molecule has 1 aromatic heterocycles. The van der Waals surface area contributed by atoms with Gasteiger partial charge in [-0.3, -0.25) is 0 Å². The molecule has 1 atom stereocenters. The molecule has 0 saturated heterocycles. The summed E-state index contributed by atoms with van der Waals surface area (Å²) in [6.07, 6.45) is 2.17. The van der Waals surface area contributed by atoms with Crippen LogP contribution >= 0.6 is 0 Å². The van der Waals surface area contributed by atoms with E-state index in [4.69, 9.17) is 4.74 Å². The summed E-state index contributed by atoms with van der Waals surface area (Å²) in [5, 5.41) is 3.56. The molecule has 1 N–H and O–H groups in total. The van der Waals surface area contributed by atoms with Gasteiger partial charge in [-0.15, -0.1) is 0 Å². The molecule has 3 heteroatoms. The van der Waals surface area contributed by atoms with Gasteiger partial charge in [0.05, 0.1) is 6.61 Å².